The standard InChI is InChI=1S/C12H18ClNOS2Si/c1-6-7-14(16-2)12(15)11-9(18(3,4)5)8-10(13)17-11/h6,8H,1,7H2,2-5H3. The van der Waals surface area contributed by atoms with E-state index in [1.54, 1.807) is 10.4 Å². The molecule has 0 aromatic carbocycles. The van der Waals surface area contributed by atoms with Crippen molar-refractivity contribution in [2.45, 2.75) is 19.6 Å². The highest BCUT2D eigenvalue weighted by Gasteiger charge is 2.28. The molecule has 18 heavy (non-hydrogen) atoms. The molecular weight excluding hydrogens is 302 g/mol. The zero-order valence-electron chi connectivity index (χ0n) is 11.1. The van der Waals surface area contributed by atoms with E-state index in [-0.39, 0.29) is 5.91 Å². The largest absolute Gasteiger partial charge is 0.278 e. The normalized spacial score (nSPS) is 11.4. The minimum atomic E-state index is -1.56. The van der Waals surface area contributed by atoms with Crippen LogP contribution in [0.25, 0.3) is 0 Å². The first kappa shape index (κ1) is 15.8. The zero-order chi connectivity index (χ0) is 13.9. The van der Waals surface area contributed by atoms with E-state index in [1.165, 1.54) is 23.3 Å². The topological polar surface area (TPSA) is 20.3 Å². The number of halogens is 1. The molecule has 0 saturated heterocycles. The van der Waals surface area contributed by atoms with Crippen molar-refractivity contribution in [1.29, 1.82) is 0 Å². The molecule has 1 heterocycles. The molecule has 6 heteroatoms. The molecule has 1 rings (SSSR count). The molecular formula is C12H18ClNOS2Si. The smallest absolute Gasteiger partial charge is 0.273 e. The molecule has 0 radical (unpaired) electrons. The summed E-state index contributed by atoms with van der Waals surface area (Å²) in [6.45, 7) is 10.9. The lowest BCUT2D eigenvalue weighted by molar-refractivity contribution is 0.0887. The Balaban J connectivity index is 3.16. The number of amides is 1. The van der Waals surface area contributed by atoms with E-state index in [0.29, 0.717) is 10.9 Å². The maximum atomic E-state index is 12.5. The molecule has 0 aliphatic carbocycles. The second-order valence-corrected chi connectivity index (χ2v) is 12.4. The third-order valence-corrected chi connectivity index (χ3v) is 6.65. The Morgan fingerprint density at radius 2 is 2.22 bits per heavy atom. The molecule has 2 nitrogen and oxygen atoms in total. The van der Waals surface area contributed by atoms with Gasteiger partial charge in [0.1, 0.15) is 0 Å². The SMILES string of the molecule is C=CCN(SC)C(=O)c1sc(Cl)cc1[Si](C)(C)C. The fourth-order valence-corrected chi connectivity index (χ4v) is 5.83. The van der Waals surface area contributed by atoms with Crippen LogP contribution < -0.4 is 5.19 Å². The lowest BCUT2D eigenvalue weighted by Crippen LogP contribution is -2.41. The van der Waals surface area contributed by atoms with Gasteiger partial charge in [-0.1, -0.05) is 49.3 Å². The second kappa shape index (κ2) is 6.28. The van der Waals surface area contributed by atoms with E-state index in [9.17, 15) is 4.79 Å². The van der Waals surface area contributed by atoms with Crippen molar-refractivity contribution in [1.82, 2.24) is 4.31 Å². The van der Waals surface area contributed by atoms with Gasteiger partial charge in [-0.3, -0.25) is 9.10 Å². The first-order valence-electron chi connectivity index (χ1n) is 5.58. The molecule has 0 bridgehead atoms. The zero-order valence-corrected chi connectivity index (χ0v) is 14.5. The highest BCUT2D eigenvalue weighted by atomic mass is 35.5. The summed E-state index contributed by atoms with van der Waals surface area (Å²) in [5, 5.41) is 1.14. The van der Waals surface area contributed by atoms with E-state index < -0.39 is 8.07 Å². The van der Waals surface area contributed by atoms with Crippen molar-refractivity contribution in [3.05, 3.63) is 27.9 Å². The average Bonchev–Trinajstić information content (AvgIpc) is 2.67. The average molecular weight is 320 g/mol. The first-order valence-corrected chi connectivity index (χ1v) is 11.5. The Bertz CT molecular complexity index is 453. The summed E-state index contributed by atoms with van der Waals surface area (Å²) < 4.78 is 2.40. The second-order valence-electron chi connectivity index (χ2n) is 4.88. The fourth-order valence-electron chi connectivity index (χ4n) is 1.55. The van der Waals surface area contributed by atoms with Crippen LogP contribution in [0.5, 0.6) is 0 Å². The van der Waals surface area contributed by atoms with Crippen LogP contribution in [0.1, 0.15) is 9.67 Å². The van der Waals surface area contributed by atoms with Gasteiger partial charge < -0.3 is 0 Å². The molecule has 0 aliphatic heterocycles. The van der Waals surface area contributed by atoms with Crippen molar-refractivity contribution in [3.63, 3.8) is 0 Å². The van der Waals surface area contributed by atoms with Gasteiger partial charge in [0.15, 0.2) is 0 Å². The van der Waals surface area contributed by atoms with E-state index in [2.05, 4.69) is 26.2 Å². The van der Waals surface area contributed by atoms with Gasteiger partial charge in [-0.25, -0.2) is 0 Å². The van der Waals surface area contributed by atoms with Crippen LogP contribution in [0, 0.1) is 0 Å². The van der Waals surface area contributed by atoms with Gasteiger partial charge in [0.2, 0.25) is 0 Å². The molecule has 0 aliphatic rings. The Kier molecular flexibility index (Phi) is 5.52. The summed E-state index contributed by atoms with van der Waals surface area (Å²) in [7, 11) is -1.56. The molecule has 1 aromatic heterocycles. The number of rotatable bonds is 5. The van der Waals surface area contributed by atoms with E-state index >= 15 is 0 Å². The van der Waals surface area contributed by atoms with Crippen LogP contribution >= 0.6 is 34.9 Å². The summed E-state index contributed by atoms with van der Waals surface area (Å²) >= 11 is 8.88. The quantitative estimate of drug-likeness (QED) is 0.467. The molecule has 100 valence electrons. The minimum absolute atomic E-state index is 0.0386. The van der Waals surface area contributed by atoms with Crippen molar-refractivity contribution < 1.29 is 4.79 Å². The van der Waals surface area contributed by atoms with Gasteiger partial charge in [0.05, 0.1) is 23.8 Å². The molecule has 0 unspecified atom stereocenters. The third kappa shape index (κ3) is 3.63. The minimum Gasteiger partial charge on any atom is -0.278 e. The number of carbonyl (C=O) groups excluding carboxylic acids is 1. The van der Waals surface area contributed by atoms with Gasteiger partial charge in [0, 0.05) is 6.26 Å². The number of thiophene rings is 1. The van der Waals surface area contributed by atoms with Gasteiger partial charge in [-0.2, -0.15) is 0 Å². The molecule has 1 aromatic rings. The number of hydrogen-bond donors (Lipinski definition) is 0. The first-order chi connectivity index (χ1) is 8.31. The van der Waals surface area contributed by atoms with Crippen molar-refractivity contribution in [3.8, 4) is 0 Å². The Morgan fingerprint density at radius 1 is 1.61 bits per heavy atom. The summed E-state index contributed by atoms with van der Waals surface area (Å²) in [6, 6.07) is 1.96. The number of hydrogen-bond acceptors (Lipinski definition) is 3. The lowest BCUT2D eigenvalue weighted by Gasteiger charge is -2.21. The van der Waals surface area contributed by atoms with Crippen LogP contribution in [0.4, 0.5) is 0 Å². The molecule has 1 amide bonds. The van der Waals surface area contributed by atoms with Gasteiger partial charge in [-0.05, 0) is 11.3 Å². The van der Waals surface area contributed by atoms with Crippen molar-refractivity contribution in [2.75, 3.05) is 12.8 Å². The summed E-state index contributed by atoms with van der Waals surface area (Å²) in [5.41, 5.74) is 0. The van der Waals surface area contributed by atoms with Crippen molar-refractivity contribution in [2.24, 2.45) is 0 Å². The Labute approximate surface area is 123 Å². The highest BCUT2D eigenvalue weighted by molar-refractivity contribution is 7.96. The number of carbonyl (C=O) groups is 1. The predicted octanol–water partition coefficient (Wildman–Crippen LogP) is 3.85. The molecule has 0 N–H and O–H groups in total. The van der Waals surface area contributed by atoms with Crippen LogP contribution in [-0.4, -0.2) is 31.1 Å². The van der Waals surface area contributed by atoms with E-state index in [1.807, 2.05) is 12.3 Å². The summed E-state index contributed by atoms with van der Waals surface area (Å²) in [4.78, 5) is 13.3. The summed E-state index contributed by atoms with van der Waals surface area (Å²) in [5.74, 6) is 0.0386. The monoisotopic (exact) mass is 319 g/mol. The van der Waals surface area contributed by atoms with E-state index in [0.717, 1.165) is 10.1 Å². The van der Waals surface area contributed by atoms with Gasteiger partial charge in [-0.15, -0.1) is 17.9 Å². The Hall–Kier alpha value is -0.233. The van der Waals surface area contributed by atoms with Gasteiger partial charge >= 0.3 is 0 Å². The van der Waals surface area contributed by atoms with Crippen LogP contribution in [0.15, 0.2) is 18.7 Å². The predicted molar refractivity (Wildman–Crippen MR) is 87.1 cm³/mol. The maximum Gasteiger partial charge on any atom is 0.273 e. The van der Waals surface area contributed by atoms with Crippen LogP contribution in [-0.2, 0) is 0 Å². The highest BCUT2D eigenvalue weighted by Crippen LogP contribution is 2.25. The van der Waals surface area contributed by atoms with E-state index in [4.69, 9.17) is 11.6 Å². The molecule has 0 saturated carbocycles. The van der Waals surface area contributed by atoms with Crippen LogP contribution in [0.2, 0.25) is 24.0 Å². The van der Waals surface area contributed by atoms with Crippen LogP contribution in [0.3, 0.4) is 0 Å². The summed E-state index contributed by atoms with van der Waals surface area (Å²) in [6.07, 6.45) is 3.63. The lowest BCUT2D eigenvalue weighted by atomic mass is 10.4. The van der Waals surface area contributed by atoms with Gasteiger partial charge in [0.25, 0.3) is 5.91 Å². The Morgan fingerprint density at radius 3 is 2.67 bits per heavy atom. The number of nitrogens with zero attached hydrogens (tertiary/aromatic N) is 1. The molecule has 0 spiro atoms. The maximum absolute atomic E-state index is 12.5. The molecule has 0 fully saturated rings. The van der Waals surface area contributed by atoms with Crippen molar-refractivity contribution >= 4 is 54.1 Å². The third-order valence-electron chi connectivity index (χ3n) is 2.45. The molecule has 0 atom stereocenters. The fraction of sp³-hybridized carbons (Fsp3) is 0.417.